The Labute approximate surface area is 118 Å². The van der Waals surface area contributed by atoms with Crippen molar-refractivity contribution in [1.29, 1.82) is 0 Å². The van der Waals surface area contributed by atoms with Crippen molar-refractivity contribution in [3.8, 4) is 0 Å². The normalized spacial score (nSPS) is 20.9. The molecule has 0 aromatic rings. The summed E-state index contributed by atoms with van der Waals surface area (Å²) in [4.78, 5) is 22.7. The van der Waals surface area contributed by atoms with Gasteiger partial charge in [-0.25, -0.2) is 9.59 Å². The number of carboxylic acid groups (broad SMARTS) is 1. The molecule has 110 valence electrons. The maximum Gasteiger partial charge on any atom is 0.326 e. The third-order valence-electron chi connectivity index (χ3n) is 3.07. The Morgan fingerprint density at radius 3 is 2.63 bits per heavy atom. The molecule has 0 aliphatic carbocycles. The van der Waals surface area contributed by atoms with Gasteiger partial charge in [-0.3, -0.25) is 0 Å². The van der Waals surface area contributed by atoms with Crippen LogP contribution in [0.1, 0.15) is 39.5 Å². The number of nitrogens with one attached hydrogen (secondary N) is 2. The Balaban J connectivity index is 2.29. The summed E-state index contributed by atoms with van der Waals surface area (Å²) in [6, 6.07) is -1.18. The minimum Gasteiger partial charge on any atom is -0.480 e. The Kier molecular flexibility index (Phi) is 7.05. The smallest absolute Gasteiger partial charge is 0.326 e. The largest absolute Gasteiger partial charge is 0.480 e. The van der Waals surface area contributed by atoms with Gasteiger partial charge < -0.3 is 15.7 Å². The molecule has 2 atom stereocenters. The van der Waals surface area contributed by atoms with Gasteiger partial charge in [0.1, 0.15) is 6.04 Å². The number of amides is 2. The van der Waals surface area contributed by atoms with Crippen molar-refractivity contribution >= 4 is 23.8 Å². The molecule has 0 bridgehead atoms. The molecule has 1 fully saturated rings. The summed E-state index contributed by atoms with van der Waals surface area (Å²) in [6.07, 6.45) is 4.04. The van der Waals surface area contributed by atoms with E-state index in [-0.39, 0.29) is 11.9 Å². The number of urea groups is 1. The average molecular weight is 288 g/mol. The summed E-state index contributed by atoms with van der Waals surface area (Å²) in [7, 11) is 0. The first-order valence-corrected chi connectivity index (χ1v) is 7.92. The van der Waals surface area contributed by atoms with Crippen LogP contribution in [0.4, 0.5) is 4.79 Å². The van der Waals surface area contributed by atoms with Gasteiger partial charge in [-0.05, 0) is 30.9 Å². The number of carboxylic acids is 1. The third kappa shape index (κ3) is 6.71. The summed E-state index contributed by atoms with van der Waals surface area (Å²) < 4.78 is 0. The lowest BCUT2D eigenvalue weighted by Crippen LogP contribution is -2.48. The molecule has 1 rings (SSSR count). The van der Waals surface area contributed by atoms with E-state index in [1.807, 2.05) is 25.6 Å². The van der Waals surface area contributed by atoms with Crippen LogP contribution in [0.2, 0.25) is 0 Å². The first-order valence-electron chi connectivity index (χ1n) is 6.87. The number of hydrogen-bond donors (Lipinski definition) is 3. The van der Waals surface area contributed by atoms with Crippen molar-refractivity contribution in [2.24, 2.45) is 5.92 Å². The first kappa shape index (κ1) is 16.1. The molecule has 0 aromatic heterocycles. The highest BCUT2D eigenvalue weighted by molar-refractivity contribution is 7.99. The molecule has 0 spiro atoms. The summed E-state index contributed by atoms with van der Waals surface area (Å²) >= 11 is 1.88. The molecule has 1 saturated heterocycles. The second kappa shape index (κ2) is 8.30. The second-order valence-electron chi connectivity index (χ2n) is 5.36. The standard InChI is InChI=1S/C13H24N2O3S/c1-9(2)7-11(12(16)17)15-13(18)14-8-10-5-3-4-6-19-10/h9-11H,3-8H2,1-2H3,(H,16,17)(H2,14,15,18)/t10?,11-/m1/s1. The summed E-state index contributed by atoms with van der Waals surface area (Å²) in [6.45, 7) is 4.49. The fourth-order valence-corrected chi connectivity index (χ4v) is 3.32. The van der Waals surface area contributed by atoms with Crippen LogP contribution in [-0.2, 0) is 4.79 Å². The number of aliphatic carboxylic acids is 1. The molecule has 0 radical (unpaired) electrons. The molecule has 1 aliphatic heterocycles. The Hall–Kier alpha value is -0.910. The summed E-state index contributed by atoms with van der Waals surface area (Å²) in [5.41, 5.74) is 0. The zero-order chi connectivity index (χ0) is 14.3. The van der Waals surface area contributed by atoms with Gasteiger partial charge in [-0.2, -0.15) is 11.8 Å². The molecule has 1 heterocycles. The van der Waals surface area contributed by atoms with E-state index in [9.17, 15) is 9.59 Å². The van der Waals surface area contributed by atoms with Crippen LogP contribution in [0, 0.1) is 5.92 Å². The number of carbonyl (C=O) groups is 2. The lowest BCUT2D eigenvalue weighted by Gasteiger charge is -2.22. The van der Waals surface area contributed by atoms with Crippen molar-refractivity contribution < 1.29 is 14.7 Å². The average Bonchev–Trinajstić information content (AvgIpc) is 2.36. The van der Waals surface area contributed by atoms with Gasteiger partial charge in [-0.1, -0.05) is 20.3 Å². The van der Waals surface area contributed by atoms with Crippen molar-refractivity contribution in [2.45, 2.75) is 50.8 Å². The summed E-state index contributed by atoms with van der Waals surface area (Å²) in [5.74, 6) is 0.408. The van der Waals surface area contributed by atoms with Gasteiger partial charge in [-0.15, -0.1) is 0 Å². The molecular weight excluding hydrogens is 264 g/mol. The third-order valence-corrected chi connectivity index (χ3v) is 4.47. The number of thioether (sulfide) groups is 1. The maximum atomic E-state index is 11.7. The molecule has 1 unspecified atom stereocenters. The number of carbonyl (C=O) groups excluding carboxylic acids is 1. The van der Waals surface area contributed by atoms with Gasteiger partial charge >= 0.3 is 12.0 Å². The van der Waals surface area contributed by atoms with E-state index >= 15 is 0 Å². The zero-order valence-electron chi connectivity index (χ0n) is 11.6. The van der Waals surface area contributed by atoms with Crippen molar-refractivity contribution in [3.05, 3.63) is 0 Å². The van der Waals surface area contributed by atoms with Gasteiger partial charge in [0.15, 0.2) is 0 Å². The number of hydrogen-bond acceptors (Lipinski definition) is 3. The highest BCUT2D eigenvalue weighted by Gasteiger charge is 2.21. The minimum atomic E-state index is -0.976. The molecule has 3 N–H and O–H groups in total. The fraction of sp³-hybridized carbons (Fsp3) is 0.846. The first-order chi connectivity index (χ1) is 8.99. The fourth-order valence-electron chi connectivity index (χ4n) is 2.08. The highest BCUT2D eigenvalue weighted by atomic mass is 32.2. The van der Waals surface area contributed by atoms with Gasteiger partial charge in [0, 0.05) is 11.8 Å². The summed E-state index contributed by atoms with van der Waals surface area (Å²) in [5, 5.41) is 14.8. The lowest BCUT2D eigenvalue weighted by molar-refractivity contribution is -0.139. The molecule has 19 heavy (non-hydrogen) atoms. The SMILES string of the molecule is CC(C)C[C@@H](NC(=O)NCC1CCCCS1)C(=O)O. The molecule has 2 amide bonds. The van der Waals surface area contributed by atoms with Gasteiger partial charge in [0.05, 0.1) is 0 Å². The van der Waals surface area contributed by atoms with Crippen LogP contribution in [0.3, 0.4) is 0 Å². The predicted octanol–water partition coefficient (Wildman–Crippen LogP) is 2.07. The van der Waals surface area contributed by atoms with Crippen LogP contribution in [-0.4, -0.2) is 40.7 Å². The van der Waals surface area contributed by atoms with E-state index in [4.69, 9.17) is 5.11 Å². The van der Waals surface area contributed by atoms with Crippen LogP contribution < -0.4 is 10.6 Å². The van der Waals surface area contributed by atoms with Gasteiger partial charge in [0.25, 0.3) is 0 Å². The van der Waals surface area contributed by atoms with Crippen molar-refractivity contribution in [2.75, 3.05) is 12.3 Å². The Morgan fingerprint density at radius 1 is 1.37 bits per heavy atom. The Bertz CT molecular complexity index is 304. The van der Waals surface area contributed by atoms with Crippen LogP contribution in [0.5, 0.6) is 0 Å². The quantitative estimate of drug-likeness (QED) is 0.699. The Morgan fingerprint density at radius 2 is 2.11 bits per heavy atom. The second-order valence-corrected chi connectivity index (χ2v) is 6.77. The van der Waals surface area contributed by atoms with E-state index in [0.717, 1.165) is 12.2 Å². The molecule has 5 nitrogen and oxygen atoms in total. The maximum absolute atomic E-state index is 11.7. The van der Waals surface area contributed by atoms with Crippen molar-refractivity contribution in [3.63, 3.8) is 0 Å². The van der Waals surface area contributed by atoms with E-state index in [1.165, 1.54) is 12.8 Å². The van der Waals surface area contributed by atoms with Crippen molar-refractivity contribution in [1.82, 2.24) is 10.6 Å². The minimum absolute atomic E-state index is 0.232. The predicted molar refractivity (Wildman–Crippen MR) is 77.5 cm³/mol. The molecule has 6 heteroatoms. The monoisotopic (exact) mass is 288 g/mol. The molecule has 1 aliphatic rings. The highest BCUT2D eigenvalue weighted by Crippen LogP contribution is 2.24. The molecular formula is C13H24N2O3S. The lowest BCUT2D eigenvalue weighted by atomic mass is 10.0. The van der Waals surface area contributed by atoms with Gasteiger partial charge in [0.2, 0.25) is 0 Å². The van der Waals surface area contributed by atoms with E-state index in [0.29, 0.717) is 18.2 Å². The topological polar surface area (TPSA) is 78.4 Å². The zero-order valence-corrected chi connectivity index (χ0v) is 12.5. The molecule has 0 saturated carbocycles. The van der Waals surface area contributed by atoms with Crippen LogP contribution >= 0.6 is 11.8 Å². The van der Waals surface area contributed by atoms with E-state index in [1.54, 1.807) is 0 Å². The van der Waals surface area contributed by atoms with Crippen LogP contribution in [0.25, 0.3) is 0 Å². The van der Waals surface area contributed by atoms with E-state index in [2.05, 4.69) is 10.6 Å². The van der Waals surface area contributed by atoms with Crippen LogP contribution in [0.15, 0.2) is 0 Å². The van der Waals surface area contributed by atoms with E-state index < -0.39 is 12.0 Å². The molecule has 0 aromatic carbocycles. The number of rotatable bonds is 6.